The smallest absolute Gasteiger partial charge is 0.145 e. The van der Waals surface area contributed by atoms with Gasteiger partial charge in [-0.15, -0.1) is 0 Å². The number of benzene rings is 2. The Hall–Kier alpha value is -1.92. The molecular formula is C15H10BrF2N3. The van der Waals surface area contributed by atoms with Crippen LogP contribution in [0.5, 0.6) is 0 Å². The predicted molar refractivity (Wildman–Crippen MR) is 79.6 cm³/mol. The van der Waals surface area contributed by atoms with Gasteiger partial charge in [0.05, 0.1) is 21.5 Å². The first-order valence-electron chi connectivity index (χ1n) is 6.17. The Bertz CT molecular complexity index is 823. The molecule has 0 saturated heterocycles. The lowest BCUT2D eigenvalue weighted by atomic mass is 9.98. The second-order valence-corrected chi connectivity index (χ2v) is 5.39. The molecule has 21 heavy (non-hydrogen) atoms. The molecule has 2 N–H and O–H groups in total. The Balaban J connectivity index is 2.12. The van der Waals surface area contributed by atoms with E-state index in [9.17, 15) is 8.78 Å². The van der Waals surface area contributed by atoms with E-state index in [1.807, 2.05) is 0 Å². The van der Waals surface area contributed by atoms with Crippen LogP contribution in [0.1, 0.15) is 17.2 Å². The summed E-state index contributed by atoms with van der Waals surface area (Å²) in [5, 5.41) is 0. The number of hydrogen-bond donors (Lipinski definition) is 1. The number of nitrogens with zero attached hydrogens (tertiary/aromatic N) is 2. The van der Waals surface area contributed by atoms with Crippen LogP contribution in [0.25, 0.3) is 11.0 Å². The number of aromatic nitrogens is 2. The highest BCUT2D eigenvalue weighted by atomic mass is 79.9. The zero-order chi connectivity index (χ0) is 15.0. The Morgan fingerprint density at radius 2 is 1.71 bits per heavy atom. The summed E-state index contributed by atoms with van der Waals surface area (Å²) in [5.41, 5.74) is 7.75. The van der Waals surface area contributed by atoms with E-state index in [4.69, 9.17) is 5.73 Å². The fourth-order valence-electron chi connectivity index (χ4n) is 2.17. The zero-order valence-corrected chi connectivity index (χ0v) is 12.3. The summed E-state index contributed by atoms with van der Waals surface area (Å²) in [6, 6.07) is 6.68. The predicted octanol–water partition coefficient (Wildman–Crippen LogP) is 3.72. The maximum Gasteiger partial charge on any atom is 0.145 e. The molecule has 0 aliphatic carbocycles. The van der Waals surface area contributed by atoms with Crippen molar-refractivity contribution >= 4 is 27.0 Å². The van der Waals surface area contributed by atoms with Gasteiger partial charge in [-0.25, -0.2) is 8.78 Å². The van der Waals surface area contributed by atoms with Gasteiger partial charge >= 0.3 is 0 Å². The van der Waals surface area contributed by atoms with Gasteiger partial charge in [0, 0.05) is 18.0 Å². The van der Waals surface area contributed by atoms with E-state index in [-0.39, 0.29) is 10.0 Å². The molecule has 1 heterocycles. The number of halogens is 3. The number of fused-ring (bicyclic) bond motifs is 1. The molecule has 0 aliphatic heterocycles. The average molecular weight is 350 g/mol. The van der Waals surface area contributed by atoms with Crippen LogP contribution >= 0.6 is 15.9 Å². The third-order valence-electron chi connectivity index (χ3n) is 3.24. The maximum absolute atomic E-state index is 14.1. The first-order chi connectivity index (χ1) is 10.1. The maximum atomic E-state index is 14.1. The molecule has 3 nitrogen and oxygen atoms in total. The van der Waals surface area contributed by atoms with Crippen LogP contribution in [-0.4, -0.2) is 9.97 Å². The van der Waals surface area contributed by atoms with Crippen LogP contribution in [-0.2, 0) is 0 Å². The van der Waals surface area contributed by atoms with Gasteiger partial charge in [-0.1, -0.05) is 6.07 Å². The van der Waals surface area contributed by atoms with Crippen molar-refractivity contribution in [3.63, 3.8) is 0 Å². The van der Waals surface area contributed by atoms with Gasteiger partial charge < -0.3 is 5.73 Å². The second kappa shape index (κ2) is 5.46. The molecule has 0 bridgehead atoms. The lowest BCUT2D eigenvalue weighted by Gasteiger charge is -2.15. The Kier molecular flexibility index (Phi) is 3.65. The standard InChI is InChI=1S/C15H10BrF2N3/c16-9-2-3-10(17)13(14(9)18)15(19)8-1-4-11-12(7-8)21-6-5-20-11/h1-7,15H,19H2. The normalized spacial score (nSPS) is 12.6. The van der Waals surface area contributed by atoms with Crippen molar-refractivity contribution in [3.05, 3.63) is 70.0 Å². The molecule has 106 valence electrons. The number of rotatable bonds is 2. The van der Waals surface area contributed by atoms with E-state index >= 15 is 0 Å². The van der Waals surface area contributed by atoms with Crippen molar-refractivity contribution in [1.29, 1.82) is 0 Å². The fraction of sp³-hybridized carbons (Fsp3) is 0.0667. The van der Waals surface area contributed by atoms with E-state index in [1.165, 1.54) is 12.1 Å². The van der Waals surface area contributed by atoms with Crippen molar-refractivity contribution in [2.24, 2.45) is 5.73 Å². The quantitative estimate of drug-likeness (QED) is 0.717. The van der Waals surface area contributed by atoms with Crippen LogP contribution in [0.3, 0.4) is 0 Å². The van der Waals surface area contributed by atoms with Crippen molar-refractivity contribution < 1.29 is 8.78 Å². The van der Waals surface area contributed by atoms with Crippen LogP contribution in [0, 0.1) is 11.6 Å². The molecule has 6 heteroatoms. The van der Waals surface area contributed by atoms with Gasteiger partial charge in [0.25, 0.3) is 0 Å². The summed E-state index contributed by atoms with van der Waals surface area (Å²) in [6.45, 7) is 0. The number of nitrogens with two attached hydrogens (primary N) is 1. The largest absolute Gasteiger partial charge is 0.320 e. The van der Waals surface area contributed by atoms with E-state index in [1.54, 1.807) is 30.6 Å². The van der Waals surface area contributed by atoms with Crippen LogP contribution < -0.4 is 5.73 Å². The van der Waals surface area contributed by atoms with E-state index in [0.717, 1.165) is 0 Å². The average Bonchev–Trinajstić information content (AvgIpc) is 2.51. The summed E-state index contributed by atoms with van der Waals surface area (Å²) in [7, 11) is 0. The molecule has 0 spiro atoms. The van der Waals surface area contributed by atoms with Gasteiger partial charge in [-0.05, 0) is 45.8 Å². The Morgan fingerprint density at radius 1 is 1.00 bits per heavy atom. The van der Waals surface area contributed by atoms with Crippen LogP contribution in [0.2, 0.25) is 0 Å². The molecule has 0 saturated carbocycles. The first-order valence-corrected chi connectivity index (χ1v) is 6.97. The molecule has 1 unspecified atom stereocenters. The highest BCUT2D eigenvalue weighted by Gasteiger charge is 2.20. The minimum atomic E-state index is -0.922. The van der Waals surface area contributed by atoms with E-state index in [0.29, 0.717) is 16.6 Å². The molecular weight excluding hydrogens is 340 g/mol. The molecule has 1 atom stereocenters. The summed E-state index contributed by atoms with van der Waals surface area (Å²) < 4.78 is 28.2. The topological polar surface area (TPSA) is 51.8 Å². The molecule has 3 aromatic rings. The molecule has 1 aromatic heterocycles. The second-order valence-electron chi connectivity index (χ2n) is 4.54. The summed E-state index contributed by atoms with van der Waals surface area (Å²) >= 11 is 3.04. The van der Waals surface area contributed by atoms with Crippen LogP contribution in [0.4, 0.5) is 8.78 Å². The molecule has 2 aromatic carbocycles. The monoisotopic (exact) mass is 349 g/mol. The highest BCUT2D eigenvalue weighted by Crippen LogP contribution is 2.30. The van der Waals surface area contributed by atoms with E-state index in [2.05, 4.69) is 25.9 Å². The van der Waals surface area contributed by atoms with Gasteiger partial charge in [0.2, 0.25) is 0 Å². The van der Waals surface area contributed by atoms with Crippen molar-refractivity contribution in [3.8, 4) is 0 Å². The third kappa shape index (κ3) is 2.52. The first kappa shape index (κ1) is 14.0. The highest BCUT2D eigenvalue weighted by molar-refractivity contribution is 9.10. The molecule has 0 amide bonds. The van der Waals surface area contributed by atoms with Gasteiger partial charge in [-0.3, -0.25) is 9.97 Å². The molecule has 0 aliphatic rings. The van der Waals surface area contributed by atoms with Gasteiger partial charge in [-0.2, -0.15) is 0 Å². The fourth-order valence-corrected chi connectivity index (χ4v) is 2.51. The van der Waals surface area contributed by atoms with E-state index < -0.39 is 17.7 Å². The zero-order valence-electron chi connectivity index (χ0n) is 10.7. The number of hydrogen-bond acceptors (Lipinski definition) is 3. The third-order valence-corrected chi connectivity index (χ3v) is 3.86. The van der Waals surface area contributed by atoms with Crippen molar-refractivity contribution in [2.75, 3.05) is 0 Å². The minimum Gasteiger partial charge on any atom is -0.320 e. The Morgan fingerprint density at radius 3 is 2.48 bits per heavy atom. The van der Waals surface area contributed by atoms with Gasteiger partial charge in [0.1, 0.15) is 11.6 Å². The lowest BCUT2D eigenvalue weighted by molar-refractivity contribution is 0.539. The molecule has 0 fully saturated rings. The Labute approximate surface area is 128 Å². The SMILES string of the molecule is NC(c1ccc2nccnc2c1)c1c(F)ccc(Br)c1F. The summed E-state index contributed by atoms with van der Waals surface area (Å²) in [4.78, 5) is 8.31. The van der Waals surface area contributed by atoms with Crippen molar-refractivity contribution in [2.45, 2.75) is 6.04 Å². The minimum absolute atomic E-state index is 0.174. The summed E-state index contributed by atoms with van der Waals surface area (Å²) in [6.07, 6.45) is 3.13. The summed E-state index contributed by atoms with van der Waals surface area (Å²) in [5.74, 6) is -1.37. The van der Waals surface area contributed by atoms with Gasteiger partial charge in [0.15, 0.2) is 0 Å². The molecule has 0 radical (unpaired) electrons. The van der Waals surface area contributed by atoms with Crippen molar-refractivity contribution in [1.82, 2.24) is 9.97 Å². The molecule has 3 rings (SSSR count). The van der Waals surface area contributed by atoms with Crippen LogP contribution in [0.15, 0.2) is 47.2 Å². The lowest BCUT2D eigenvalue weighted by Crippen LogP contribution is -2.16.